The molecule has 0 amide bonds. The molecule has 90 valence electrons. The van der Waals surface area contributed by atoms with E-state index in [1.165, 1.54) is 7.11 Å². The molecule has 6 nitrogen and oxygen atoms in total. The van der Waals surface area contributed by atoms with Gasteiger partial charge in [-0.2, -0.15) is 0 Å². The summed E-state index contributed by atoms with van der Waals surface area (Å²) in [6.07, 6.45) is -0.188. The van der Waals surface area contributed by atoms with Gasteiger partial charge in [0.05, 0.1) is 21.3 Å². The minimum absolute atomic E-state index is 0.00306. The molecule has 0 bridgehead atoms. The lowest BCUT2D eigenvalue weighted by Gasteiger charge is -2.12. The van der Waals surface area contributed by atoms with Crippen molar-refractivity contribution in [2.24, 2.45) is 5.92 Å². The van der Waals surface area contributed by atoms with Crippen LogP contribution in [0.15, 0.2) is 12.2 Å². The highest BCUT2D eigenvalue weighted by Gasteiger charge is 2.30. The second-order valence-corrected chi connectivity index (χ2v) is 2.90. The molecular weight excluding hydrogens is 216 g/mol. The summed E-state index contributed by atoms with van der Waals surface area (Å²) in [5.74, 6) is -3.44. The number of ether oxygens (including phenoxy) is 3. The third-order valence-electron chi connectivity index (χ3n) is 1.90. The quantitative estimate of drug-likeness (QED) is 0.288. The van der Waals surface area contributed by atoms with Crippen molar-refractivity contribution >= 4 is 17.9 Å². The van der Waals surface area contributed by atoms with Crippen LogP contribution in [0.5, 0.6) is 0 Å². The predicted octanol–water partition coefficient (Wildman–Crippen LogP) is 0.0679. The van der Waals surface area contributed by atoms with E-state index in [1.807, 2.05) is 0 Å². The third-order valence-corrected chi connectivity index (χ3v) is 1.90. The van der Waals surface area contributed by atoms with Crippen LogP contribution in [0.3, 0.4) is 0 Å². The Balaban J connectivity index is 4.68. The highest BCUT2D eigenvalue weighted by atomic mass is 16.5. The molecule has 0 heterocycles. The molecule has 16 heavy (non-hydrogen) atoms. The zero-order chi connectivity index (χ0) is 12.7. The topological polar surface area (TPSA) is 78.9 Å². The van der Waals surface area contributed by atoms with Gasteiger partial charge in [0.25, 0.3) is 0 Å². The summed E-state index contributed by atoms with van der Waals surface area (Å²) in [6, 6.07) is 0. The molecule has 0 aliphatic rings. The fraction of sp³-hybridized carbons (Fsp3) is 0.500. The molecule has 0 aliphatic carbocycles. The van der Waals surface area contributed by atoms with E-state index in [-0.39, 0.29) is 12.0 Å². The fourth-order valence-electron chi connectivity index (χ4n) is 1.02. The van der Waals surface area contributed by atoms with E-state index in [9.17, 15) is 14.4 Å². The Hall–Kier alpha value is -1.85. The number of carbonyl (C=O) groups is 3. The van der Waals surface area contributed by atoms with Crippen LogP contribution < -0.4 is 0 Å². The second-order valence-electron chi connectivity index (χ2n) is 2.90. The maximum atomic E-state index is 11.2. The monoisotopic (exact) mass is 230 g/mol. The molecule has 0 unspecified atom stereocenters. The van der Waals surface area contributed by atoms with Crippen LogP contribution >= 0.6 is 0 Å². The first-order valence-corrected chi connectivity index (χ1v) is 4.39. The summed E-state index contributed by atoms with van der Waals surface area (Å²) >= 11 is 0. The van der Waals surface area contributed by atoms with Gasteiger partial charge in [-0.25, -0.2) is 4.79 Å². The van der Waals surface area contributed by atoms with Crippen LogP contribution in [-0.2, 0) is 28.6 Å². The molecule has 0 fully saturated rings. The maximum Gasteiger partial charge on any atom is 0.333 e. The Morgan fingerprint density at radius 3 is 1.75 bits per heavy atom. The molecule has 0 radical (unpaired) electrons. The van der Waals surface area contributed by atoms with Crippen molar-refractivity contribution in [1.82, 2.24) is 0 Å². The normalized spacial score (nSPS) is 9.50. The van der Waals surface area contributed by atoms with Crippen LogP contribution in [0.25, 0.3) is 0 Å². The van der Waals surface area contributed by atoms with E-state index >= 15 is 0 Å². The van der Waals surface area contributed by atoms with Crippen LogP contribution in [0.1, 0.15) is 6.42 Å². The number of hydrogen-bond acceptors (Lipinski definition) is 6. The van der Waals surface area contributed by atoms with E-state index in [2.05, 4.69) is 20.8 Å². The number of rotatable bonds is 5. The van der Waals surface area contributed by atoms with Gasteiger partial charge < -0.3 is 14.2 Å². The van der Waals surface area contributed by atoms with Crippen molar-refractivity contribution in [1.29, 1.82) is 0 Å². The largest absolute Gasteiger partial charge is 0.468 e. The van der Waals surface area contributed by atoms with Crippen LogP contribution in [0.2, 0.25) is 0 Å². The van der Waals surface area contributed by atoms with Gasteiger partial charge in [-0.05, 0) is 0 Å². The van der Waals surface area contributed by atoms with E-state index in [0.717, 1.165) is 14.2 Å². The number of esters is 3. The Morgan fingerprint density at radius 1 is 1.00 bits per heavy atom. The first-order valence-electron chi connectivity index (χ1n) is 4.39. The molecule has 0 aromatic rings. The summed E-state index contributed by atoms with van der Waals surface area (Å²) in [5, 5.41) is 0. The lowest BCUT2D eigenvalue weighted by atomic mass is 10.0. The minimum atomic E-state index is -1.19. The Kier molecular flexibility index (Phi) is 5.84. The number of methoxy groups -OCH3 is 3. The lowest BCUT2D eigenvalue weighted by Crippen LogP contribution is -2.28. The van der Waals surface area contributed by atoms with E-state index in [0.29, 0.717) is 0 Å². The van der Waals surface area contributed by atoms with Gasteiger partial charge in [-0.3, -0.25) is 9.59 Å². The van der Waals surface area contributed by atoms with Gasteiger partial charge in [0, 0.05) is 12.0 Å². The maximum absolute atomic E-state index is 11.2. The van der Waals surface area contributed by atoms with E-state index in [1.54, 1.807) is 0 Å². The van der Waals surface area contributed by atoms with Crippen molar-refractivity contribution in [3.8, 4) is 0 Å². The molecule has 0 aromatic heterocycles. The zero-order valence-electron chi connectivity index (χ0n) is 9.44. The fourth-order valence-corrected chi connectivity index (χ4v) is 1.02. The van der Waals surface area contributed by atoms with Gasteiger partial charge in [-0.15, -0.1) is 0 Å². The highest BCUT2D eigenvalue weighted by Crippen LogP contribution is 2.14. The molecule has 0 aromatic carbocycles. The smallest absolute Gasteiger partial charge is 0.333 e. The van der Waals surface area contributed by atoms with Crippen molar-refractivity contribution < 1.29 is 28.6 Å². The molecule has 0 rings (SSSR count). The minimum Gasteiger partial charge on any atom is -0.468 e. The van der Waals surface area contributed by atoms with E-state index < -0.39 is 23.8 Å². The number of carbonyl (C=O) groups excluding carboxylic acids is 3. The van der Waals surface area contributed by atoms with Crippen LogP contribution in [-0.4, -0.2) is 39.2 Å². The Bertz CT molecular complexity index is 290. The second kappa shape index (κ2) is 6.60. The molecule has 0 atom stereocenters. The summed E-state index contributed by atoms with van der Waals surface area (Å²) < 4.78 is 13.2. The highest BCUT2D eigenvalue weighted by molar-refractivity contribution is 5.97. The molecule has 6 heteroatoms. The average molecular weight is 230 g/mol. The van der Waals surface area contributed by atoms with Crippen molar-refractivity contribution in [2.75, 3.05) is 21.3 Å². The van der Waals surface area contributed by atoms with Crippen molar-refractivity contribution in [3.05, 3.63) is 12.2 Å². The van der Waals surface area contributed by atoms with Gasteiger partial charge >= 0.3 is 17.9 Å². The summed E-state index contributed by atoms with van der Waals surface area (Å²) in [6.45, 7) is 3.41. The van der Waals surface area contributed by atoms with Crippen molar-refractivity contribution in [3.63, 3.8) is 0 Å². The first-order chi connectivity index (χ1) is 7.47. The molecular formula is C10H14O6. The van der Waals surface area contributed by atoms with Crippen LogP contribution in [0, 0.1) is 5.92 Å². The van der Waals surface area contributed by atoms with Gasteiger partial charge in [0.1, 0.15) is 0 Å². The van der Waals surface area contributed by atoms with Gasteiger partial charge in [0.2, 0.25) is 0 Å². The van der Waals surface area contributed by atoms with Gasteiger partial charge in [-0.1, -0.05) is 6.58 Å². The summed E-state index contributed by atoms with van der Waals surface area (Å²) in [7, 11) is 3.46. The summed E-state index contributed by atoms with van der Waals surface area (Å²) in [4.78, 5) is 33.5. The first kappa shape index (κ1) is 14.2. The van der Waals surface area contributed by atoms with Crippen molar-refractivity contribution in [2.45, 2.75) is 6.42 Å². The van der Waals surface area contributed by atoms with Crippen LogP contribution in [0.4, 0.5) is 0 Å². The molecule has 0 spiro atoms. The molecule has 0 saturated carbocycles. The Labute approximate surface area is 93.2 Å². The average Bonchev–Trinajstić information content (AvgIpc) is 2.32. The summed E-state index contributed by atoms with van der Waals surface area (Å²) in [5.41, 5.74) is 0.00306. The predicted molar refractivity (Wildman–Crippen MR) is 53.3 cm³/mol. The SMILES string of the molecule is C=C(CC(C(=O)OC)C(=O)OC)C(=O)OC. The molecule has 0 saturated heterocycles. The molecule has 0 N–H and O–H groups in total. The Morgan fingerprint density at radius 2 is 1.44 bits per heavy atom. The lowest BCUT2D eigenvalue weighted by molar-refractivity contribution is -0.158. The third kappa shape index (κ3) is 3.72. The molecule has 0 aliphatic heterocycles. The standard InChI is InChI=1S/C10H14O6/c1-6(8(11)14-2)5-7(9(12)15-3)10(13)16-4/h7H,1,5H2,2-4H3. The number of hydrogen-bond donors (Lipinski definition) is 0. The van der Waals surface area contributed by atoms with E-state index in [4.69, 9.17) is 0 Å². The van der Waals surface area contributed by atoms with Gasteiger partial charge in [0.15, 0.2) is 5.92 Å². The zero-order valence-corrected chi connectivity index (χ0v) is 9.44.